The summed E-state index contributed by atoms with van der Waals surface area (Å²) in [5, 5.41) is 11.9. The van der Waals surface area contributed by atoms with E-state index < -0.39 is 0 Å². The summed E-state index contributed by atoms with van der Waals surface area (Å²) in [4.78, 5) is 11.7. The van der Waals surface area contributed by atoms with Crippen LogP contribution in [-0.2, 0) is 11.2 Å². The Kier molecular flexibility index (Phi) is 5.95. The van der Waals surface area contributed by atoms with Crippen LogP contribution < -0.4 is 10.1 Å². The SMILES string of the molecule is COc1c(C)cc(Cl)cc1CC(=O)NCCCO. The molecule has 100 valence electrons. The van der Waals surface area contributed by atoms with Gasteiger partial charge in [0, 0.05) is 23.7 Å². The summed E-state index contributed by atoms with van der Waals surface area (Å²) < 4.78 is 5.28. The summed E-state index contributed by atoms with van der Waals surface area (Å²) in [6.07, 6.45) is 0.771. The van der Waals surface area contributed by atoms with Crippen molar-refractivity contribution in [1.29, 1.82) is 0 Å². The fraction of sp³-hybridized carbons (Fsp3) is 0.462. The van der Waals surface area contributed by atoms with Crippen LogP contribution in [0.4, 0.5) is 0 Å². The van der Waals surface area contributed by atoms with E-state index in [1.807, 2.05) is 6.92 Å². The number of hydrogen-bond acceptors (Lipinski definition) is 3. The third kappa shape index (κ3) is 4.20. The number of rotatable bonds is 6. The van der Waals surface area contributed by atoms with Crippen molar-refractivity contribution in [1.82, 2.24) is 5.32 Å². The van der Waals surface area contributed by atoms with Gasteiger partial charge in [-0.15, -0.1) is 0 Å². The maximum atomic E-state index is 11.7. The van der Waals surface area contributed by atoms with Gasteiger partial charge >= 0.3 is 0 Å². The van der Waals surface area contributed by atoms with Crippen molar-refractivity contribution in [3.05, 3.63) is 28.3 Å². The monoisotopic (exact) mass is 271 g/mol. The van der Waals surface area contributed by atoms with Crippen LogP contribution in [0.25, 0.3) is 0 Å². The summed E-state index contributed by atoms with van der Waals surface area (Å²) in [5.41, 5.74) is 1.67. The summed E-state index contributed by atoms with van der Waals surface area (Å²) in [6.45, 7) is 2.43. The molecule has 1 aromatic carbocycles. The molecule has 0 saturated heterocycles. The van der Waals surface area contributed by atoms with Crippen LogP contribution in [0, 0.1) is 6.92 Å². The van der Waals surface area contributed by atoms with E-state index in [1.54, 1.807) is 19.2 Å². The van der Waals surface area contributed by atoms with E-state index in [0.717, 1.165) is 11.1 Å². The zero-order valence-electron chi connectivity index (χ0n) is 10.6. The van der Waals surface area contributed by atoms with E-state index in [0.29, 0.717) is 23.7 Å². The molecule has 0 aliphatic rings. The van der Waals surface area contributed by atoms with E-state index in [9.17, 15) is 4.79 Å². The zero-order valence-corrected chi connectivity index (χ0v) is 11.4. The predicted octanol–water partition coefficient (Wildman–Crippen LogP) is 1.70. The molecule has 1 rings (SSSR count). The number of aliphatic hydroxyl groups excluding tert-OH is 1. The van der Waals surface area contributed by atoms with Gasteiger partial charge in [0.15, 0.2) is 0 Å². The van der Waals surface area contributed by atoms with Crippen molar-refractivity contribution < 1.29 is 14.6 Å². The fourth-order valence-electron chi connectivity index (χ4n) is 1.77. The first-order valence-electron chi connectivity index (χ1n) is 5.79. The molecule has 0 atom stereocenters. The molecule has 0 unspecified atom stereocenters. The van der Waals surface area contributed by atoms with Crippen LogP contribution in [0.1, 0.15) is 17.5 Å². The molecule has 4 nitrogen and oxygen atoms in total. The highest BCUT2D eigenvalue weighted by atomic mass is 35.5. The Hall–Kier alpha value is -1.26. The average Bonchev–Trinajstić information content (AvgIpc) is 2.28. The van der Waals surface area contributed by atoms with Crippen LogP contribution >= 0.6 is 11.6 Å². The minimum atomic E-state index is -0.108. The Morgan fingerprint density at radius 1 is 1.50 bits per heavy atom. The van der Waals surface area contributed by atoms with Crippen LogP contribution in [0.2, 0.25) is 5.02 Å². The number of benzene rings is 1. The van der Waals surface area contributed by atoms with E-state index >= 15 is 0 Å². The molecule has 0 saturated carbocycles. The van der Waals surface area contributed by atoms with Gasteiger partial charge in [-0.3, -0.25) is 4.79 Å². The Morgan fingerprint density at radius 2 is 2.22 bits per heavy atom. The molecule has 2 N–H and O–H groups in total. The third-order valence-corrected chi connectivity index (χ3v) is 2.75. The van der Waals surface area contributed by atoms with Crippen LogP contribution in [-0.4, -0.2) is 31.3 Å². The molecule has 0 bridgehead atoms. The van der Waals surface area contributed by atoms with E-state index in [2.05, 4.69) is 5.32 Å². The lowest BCUT2D eigenvalue weighted by Crippen LogP contribution is -2.26. The molecule has 1 amide bonds. The smallest absolute Gasteiger partial charge is 0.224 e. The normalized spacial score (nSPS) is 10.2. The number of ether oxygens (including phenoxy) is 1. The molecule has 18 heavy (non-hydrogen) atoms. The first-order valence-corrected chi connectivity index (χ1v) is 6.17. The van der Waals surface area contributed by atoms with Gasteiger partial charge in [0.2, 0.25) is 5.91 Å². The molecule has 1 aromatic rings. The second-order valence-electron chi connectivity index (χ2n) is 4.02. The topological polar surface area (TPSA) is 58.6 Å². The van der Waals surface area contributed by atoms with Crippen molar-refractivity contribution in [2.45, 2.75) is 19.8 Å². The summed E-state index contributed by atoms with van der Waals surface area (Å²) >= 11 is 5.97. The fourth-order valence-corrected chi connectivity index (χ4v) is 2.06. The second-order valence-corrected chi connectivity index (χ2v) is 4.46. The molecule has 0 spiro atoms. The minimum Gasteiger partial charge on any atom is -0.496 e. The van der Waals surface area contributed by atoms with Crippen LogP contribution in [0.5, 0.6) is 5.75 Å². The van der Waals surface area contributed by atoms with Crippen molar-refractivity contribution in [3.63, 3.8) is 0 Å². The molecule has 5 heteroatoms. The van der Waals surface area contributed by atoms with Crippen molar-refractivity contribution in [3.8, 4) is 5.75 Å². The molecular weight excluding hydrogens is 254 g/mol. The quantitative estimate of drug-likeness (QED) is 0.775. The molecule has 0 fully saturated rings. The van der Waals surface area contributed by atoms with Gasteiger partial charge in [0.1, 0.15) is 5.75 Å². The number of aliphatic hydroxyl groups is 1. The number of halogens is 1. The lowest BCUT2D eigenvalue weighted by molar-refractivity contribution is -0.120. The van der Waals surface area contributed by atoms with Crippen molar-refractivity contribution in [2.24, 2.45) is 0 Å². The number of aryl methyl sites for hydroxylation is 1. The zero-order chi connectivity index (χ0) is 13.5. The minimum absolute atomic E-state index is 0.0693. The number of nitrogens with one attached hydrogen (secondary N) is 1. The van der Waals surface area contributed by atoms with E-state index in [-0.39, 0.29) is 18.9 Å². The van der Waals surface area contributed by atoms with E-state index in [4.69, 9.17) is 21.4 Å². The molecular formula is C13H18ClNO3. The Balaban J connectivity index is 2.74. The lowest BCUT2D eigenvalue weighted by Gasteiger charge is -2.12. The van der Waals surface area contributed by atoms with Crippen LogP contribution in [0.15, 0.2) is 12.1 Å². The molecule has 0 radical (unpaired) electrons. The Morgan fingerprint density at radius 3 is 2.83 bits per heavy atom. The maximum absolute atomic E-state index is 11.7. The summed E-state index contributed by atoms with van der Waals surface area (Å²) in [7, 11) is 1.57. The number of carbonyl (C=O) groups excluding carboxylic acids is 1. The molecule has 0 heterocycles. The lowest BCUT2D eigenvalue weighted by atomic mass is 10.1. The highest BCUT2D eigenvalue weighted by molar-refractivity contribution is 6.30. The van der Waals surface area contributed by atoms with Crippen molar-refractivity contribution >= 4 is 17.5 Å². The van der Waals surface area contributed by atoms with E-state index in [1.165, 1.54) is 0 Å². The number of amides is 1. The van der Waals surface area contributed by atoms with Gasteiger partial charge in [-0.1, -0.05) is 11.6 Å². The first kappa shape index (κ1) is 14.8. The van der Waals surface area contributed by atoms with Gasteiger partial charge in [-0.25, -0.2) is 0 Å². The molecule has 0 aliphatic carbocycles. The number of hydrogen-bond donors (Lipinski definition) is 2. The Bertz CT molecular complexity index is 421. The Labute approximate surface area is 112 Å². The van der Waals surface area contributed by atoms with Gasteiger partial charge in [0.25, 0.3) is 0 Å². The molecule has 0 aromatic heterocycles. The first-order chi connectivity index (χ1) is 8.58. The second kappa shape index (κ2) is 7.24. The largest absolute Gasteiger partial charge is 0.496 e. The van der Waals surface area contributed by atoms with Gasteiger partial charge in [-0.05, 0) is 31.0 Å². The number of methoxy groups -OCH3 is 1. The number of carbonyl (C=O) groups is 1. The predicted molar refractivity (Wildman–Crippen MR) is 71.2 cm³/mol. The van der Waals surface area contributed by atoms with Gasteiger partial charge in [0.05, 0.1) is 13.5 Å². The average molecular weight is 272 g/mol. The standard InChI is InChI=1S/C13H18ClNO3/c1-9-6-11(14)7-10(13(9)18-2)8-12(17)15-4-3-5-16/h6-7,16H,3-5,8H2,1-2H3,(H,15,17). The third-order valence-electron chi connectivity index (χ3n) is 2.53. The highest BCUT2D eigenvalue weighted by Gasteiger charge is 2.11. The van der Waals surface area contributed by atoms with Crippen molar-refractivity contribution in [2.75, 3.05) is 20.3 Å². The molecule has 0 aliphatic heterocycles. The van der Waals surface area contributed by atoms with Gasteiger partial charge < -0.3 is 15.2 Å². The summed E-state index contributed by atoms with van der Waals surface area (Å²) in [5.74, 6) is 0.583. The highest BCUT2D eigenvalue weighted by Crippen LogP contribution is 2.27. The summed E-state index contributed by atoms with van der Waals surface area (Å²) in [6, 6.07) is 3.53. The maximum Gasteiger partial charge on any atom is 0.224 e. The van der Waals surface area contributed by atoms with Crippen LogP contribution in [0.3, 0.4) is 0 Å². The van der Waals surface area contributed by atoms with Gasteiger partial charge in [-0.2, -0.15) is 0 Å².